The summed E-state index contributed by atoms with van der Waals surface area (Å²) in [6, 6.07) is 4.08. The number of hydrogen-bond acceptors (Lipinski definition) is 5. The van der Waals surface area contributed by atoms with Gasteiger partial charge in [0.05, 0.1) is 0 Å². The van der Waals surface area contributed by atoms with Gasteiger partial charge in [0.25, 0.3) is 0 Å². The molecular weight excluding hydrogens is 250 g/mol. The number of nitrogens with two attached hydrogens (primary N) is 1. The fourth-order valence-electron chi connectivity index (χ4n) is 1.78. The SMILES string of the molecule is Nc1cc(CSc2n[nH]c(=O)n2C2CC2)ccn1. The first kappa shape index (κ1) is 11.3. The minimum atomic E-state index is -0.116. The van der Waals surface area contributed by atoms with Crippen molar-refractivity contribution in [3.8, 4) is 0 Å². The minimum Gasteiger partial charge on any atom is -0.384 e. The molecule has 1 aliphatic rings. The van der Waals surface area contributed by atoms with Gasteiger partial charge in [-0.05, 0) is 30.5 Å². The topological polar surface area (TPSA) is 89.6 Å². The molecule has 0 spiro atoms. The summed E-state index contributed by atoms with van der Waals surface area (Å²) < 4.78 is 1.75. The van der Waals surface area contributed by atoms with Crippen LogP contribution in [0.1, 0.15) is 24.4 Å². The molecule has 2 aromatic rings. The number of thioether (sulfide) groups is 1. The van der Waals surface area contributed by atoms with E-state index in [0.29, 0.717) is 11.9 Å². The van der Waals surface area contributed by atoms with Gasteiger partial charge in [0.2, 0.25) is 0 Å². The number of aromatic nitrogens is 4. The molecule has 6 nitrogen and oxygen atoms in total. The summed E-state index contributed by atoms with van der Waals surface area (Å²) in [5, 5.41) is 7.31. The average Bonchev–Trinajstić information content (AvgIpc) is 3.11. The van der Waals surface area contributed by atoms with Crippen LogP contribution >= 0.6 is 11.8 Å². The van der Waals surface area contributed by atoms with E-state index in [4.69, 9.17) is 5.73 Å². The Bertz CT molecular complexity index is 616. The van der Waals surface area contributed by atoms with E-state index in [1.807, 2.05) is 12.1 Å². The first-order valence-corrected chi connectivity index (χ1v) is 6.73. The molecule has 0 aliphatic heterocycles. The highest BCUT2D eigenvalue weighted by Gasteiger charge is 2.28. The largest absolute Gasteiger partial charge is 0.384 e. The summed E-state index contributed by atoms with van der Waals surface area (Å²) >= 11 is 1.54. The quantitative estimate of drug-likeness (QED) is 0.808. The molecule has 2 aromatic heterocycles. The molecule has 3 N–H and O–H groups in total. The van der Waals surface area contributed by atoms with Crippen LogP contribution in [0.5, 0.6) is 0 Å². The molecule has 0 radical (unpaired) electrons. The summed E-state index contributed by atoms with van der Waals surface area (Å²) in [4.78, 5) is 15.5. The van der Waals surface area contributed by atoms with E-state index >= 15 is 0 Å². The molecule has 3 rings (SSSR count). The maximum absolute atomic E-state index is 11.6. The van der Waals surface area contributed by atoms with Crippen LogP contribution in [-0.2, 0) is 5.75 Å². The third kappa shape index (κ3) is 2.26. The first-order valence-electron chi connectivity index (χ1n) is 5.74. The Morgan fingerprint density at radius 2 is 2.39 bits per heavy atom. The van der Waals surface area contributed by atoms with Crippen LogP contribution < -0.4 is 11.4 Å². The zero-order valence-electron chi connectivity index (χ0n) is 9.67. The third-order valence-corrected chi connectivity index (χ3v) is 3.82. The lowest BCUT2D eigenvalue weighted by atomic mass is 10.3. The maximum Gasteiger partial charge on any atom is 0.344 e. The second kappa shape index (κ2) is 4.49. The Hall–Kier alpha value is -1.76. The summed E-state index contributed by atoms with van der Waals surface area (Å²) in [6.07, 6.45) is 3.81. The predicted octanol–water partition coefficient (Wildman–Crippen LogP) is 1.18. The summed E-state index contributed by atoms with van der Waals surface area (Å²) in [7, 11) is 0. The van der Waals surface area contributed by atoms with Crippen LogP contribution in [0.2, 0.25) is 0 Å². The molecule has 1 saturated carbocycles. The van der Waals surface area contributed by atoms with Crippen LogP contribution in [0.4, 0.5) is 5.82 Å². The Balaban J connectivity index is 1.75. The van der Waals surface area contributed by atoms with E-state index in [-0.39, 0.29) is 5.69 Å². The van der Waals surface area contributed by atoms with Gasteiger partial charge >= 0.3 is 5.69 Å². The summed E-state index contributed by atoms with van der Waals surface area (Å²) in [6.45, 7) is 0. The number of hydrogen-bond donors (Lipinski definition) is 2. The standard InChI is InChI=1S/C11H13N5OS/c12-9-5-7(3-4-13-9)6-18-11-15-14-10(17)16(11)8-1-2-8/h3-5,8H,1-2,6H2,(H2,12,13)(H,14,17). The Morgan fingerprint density at radius 3 is 3.11 bits per heavy atom. The average molecular weight is 263 g/mol. The third-order valence-electron chi connectivity index (χ3n) is 2.80. The molecule has 0 bridgehead atoms. The fraction of sp³-hybridized carbons (Fsp3) is 0.364. The van der Waals surface area contributed by atoms with Gasteiger partial charge in [0.15, 0.2) is 5.16 Å². The van der Waals surface area contributed by atoms with Crippen molar-refractivity contribution in [3.05, 3.63) is 34.4 Å². The number of nitrogens with one attached hydrogen (secondary N) is 1. The summed E-state index contributed by atoms with van der Waals surface area (Å²) in [5.74, 6) is 1.23. The van der Waals surface area contributed by atoms with Crippen molar-refractivity contribution < 1.29 is 0 Å². The molecule has 1 fully saturated rings. The van der Waals surface area contributed by atoms with E-state index in [9.17, 15) is 4.79 Å². The number of rotatable bonds is 4. The lowest BCUT2D eigenvalue weighted by molar-refractivity contribution is 0.642. The van der Waals surface area contributed by atoms with Gasteiger partial charge < -0.3 is 5.73 Å². The van der Waals surface area contributed by atoms with Gasteiger partial charge in [-0.15, -0.1) is 5.10 Å². The Labute approximate surface area is 108 Å². The molecule has 0 aromatic carbocycles. The number of pyridine rings is 1. The van der Waals surface area contributed by atoms with Crippen molar-refractivity contribution in [2.75, 3.05) is 5.73 Å². The number of nitrogens with zero attached hydrogens (tertiary/aromatic N) is 3. The van der Waals surface area contributed by atoms with Crippen LogP contribution in [0.15, 0.2) is 28.3 Å². The molecular formula is C11H13N5OS. The highest BCUT2D eigenvalue weighted by Crippen LogP contribution is 2.36. The van der Waals surface area contributed by atoms with E-state index in [1.165, 1.54) is 11.8 Å². The monoisotopic (exact) mass is 263 g/mol. The molecule has 18 heavy (non-hydrogen) atoms. The van der Waals surface area contributed by atoms with E-state index < -0.39 is 0 Å². The molecule has 94 valence electrons. The lowest BCUT2D eigenvalue weighted by Gasteiger charge is -2.03. The van der Waals surface area contributed by atoms with Gasteiger partial charge in [0.1, 0.15) is 5.82 Å². The van der Waals surface area contributed by atoms with Crippen LogP contribution in [0.3, 0.4) is 0 Å². The molecule has 0 amide bonds. The number of nitrogen functional groups attached to an aromatic ring is 1. The second-order valence-corrected chi connectivity index (χ2v) is 5.23. The second-order valence-electron chi connectivity index (χ2n) is 4.29. The molecule has 0 unspecified atom stereocenters. The van der Waals surface area contributed by atoms with Crippen molar-refractivity contribution in [2.24, 2.45) is 0 Å². The van der Waals surface area contributed by atoms with Crippen molar-refractivity contribution >= 4 is 17.6 Å². The van der Waals surface area contributed by atoms with Gasteiger partial charge in [-0.2, -0.15) is 0 Å². The van der Waals surface area contributed by atoms with Crippen molar-refractivity contribution in [2.45, 2.75) is 29.8 Å². The Kier molecular flexibility index (Phi) is 2.83. The lowest BCUT2D eigenvalue weighted by Crippen LogP contribution is -2.16. The maximum atomic E-state index is 11.6. The highest BCUT2D eigenvalue weighted by molar-refractivity contribution is 7.98. The van der Waals surface area contributed by atoms with Crippen molar-refractivity contribution in [1.82, 2.24) is 19.7 Å². The number of H-pyrrole nitrogens is 1. The molecule has 1 aliphatic carbocycles. The van der Waals surface area contributed by atoms with Crippen molar-refractivity contribution in [1.29, 1.82) is 0 Å². The van der Waals surface area contributed by atoms with Crippen LogP contribution in [0, 0.1) is 0 Å². The van der Waals surface area contributed by atoms with Gasteiger partial charge in [-0.3, -0.25) is 4.57 Å². The molecule has 2 heterocycles. The first-order chi connectivity index (χ1) is 8.74. The van der Waals surface area contributed by atoms with Crippen LogP contribution in [0.25, 0.3) is 0 Å². The molecule has 7 heteroatoms. The Morgan fingerprint density at radius 1 is 1.56 bits per heavy atom. The van der Waals surface area contributed by atoms with E-state index in [0.717, 1.165) is 29.3 Å². The fourth-order valence-corrected chi connectivity index (χ4v) is 2.74. The van der Waals surface area contributed by atoms with Gasteiger partial charge in [-0.1, -0.05) is 11.8 Å². The number of anilines is 1. The normalized spacial score (nSPS) is 14.9. The zero-order chi connectivity index (χ0) is 12.5. The molecule has 0 atom stereocenters. The van der Waals surface area contributed by atoms with Crippen LogP contribution in [-0.4, -0.2) is 19.7 Å². The highest BCUT2D eigenvalue weighted by atomic mass is 32.2. The summed E-state index contributed by atoms with van der Waals surface area (Å²) in [5.41, 5.74) is 6.58. The van der Waals surface area contributed by atoms with Crippen molar-refractivity contribution in [3.63, 3.8) is 0 Å². The smallest absolute Gasteiger partial charge is 0.344 e. The number of aromatic amines is 1. The van der Waals surface area contributed by atoms with E-state index in [2.05, 4.69) is 15.2 Å². The minimum absolute atomic E-state index is 0.116. The molecule has 0 saturated heterocycles. The van der Waals surface area contributed by atoms with Gasteiger partial charge in [-0.25, -0.2) is 14.9 Å². The predicted molar refractivity (Wildman–Crippen MR) is 69.3 cm³/mol. The van der Waals surface area contributed by atoms with E-state index in [1.54, 1.807) is 10.8 Å². The zero-order valence-corrected chi connectivity index (χ0v) is 10.5. The van der Waals surface area contributed by atoms with Gasteiger partial charge in [0, 0.05) is 18.0 Å².